The van der Waals surface area contributed by atoms with Crippen molar-refractivity contribution >= 4 is 17.9 Å². The fourth-order valence-corrected chi connectivity index (χ4v) is 11.6. The number of carboxylic acids is 1. The van der Waals surface area contributed by atoms with Crippen LogP contribution in [0.1, 0.15) is 120 Å². The molecule has 0 spiro atoms. The highest BCUT2D eigenvalue weighted by atomic mass is 16.7. The lowest BCUT2D eigenvalue weighted by Crippen LogP contribution is -2.65. The zero-order chi connectivity index (χ0) is 29.5. The molecule has 0 aromatic heterocycles. The van der Waals surface area contributed by atoms with E-state index in [4.69, 9.17) is 9.47 Å². The summed E-state index contributed by atoms with van der Waals surface area (Å²) in [7, 11) is 0. The Kier molecular flexibility index (Phi) is 7.11. The topological polar surface area (TPSA) is 89.9 Å². The zero-order valence-corrected chi connectivity index (χ0v) is 26.1. The maximum absolute atomic E-state index is 12.9. The summed E-state index contributed by atoms with van der Waals surface area (Å²) in [5.41, 5.74) is 0.358. The summed E-state index contributed by atoms with van der Waals surface area (Å²) in [5.74, 6) is 0.237. The molecule has 5 aliphatic carbocycles. The molecule has 0 amide bonds. The SMILES string of the molecule is CC(=O)OC(OC(C)=O)C1(C)CCC[C@@]2(C)C1CC[C@]1(C)[C@@H]2CC=C2[C@@H]3[C@@H](C)[C@H](C)CC[C@]3(C(=O)O)CC[C@]21C. The number of carbonyl (C=O) groups excluding carboxylic acids is 2. The molecule has 1 N–H and O–H groups in total. The van der Waals surface area contributed by atoms with Crippen molar-refractivity contribution in [2.75, 3.05) is 0 Å². The minimum absolute atomic E-state index is 0.00358. The van der Waals surface area contributed by atoms with Gasteiger partial charge in [-0.25, -0.2) is 0 Å². The predicted octanol–water partition coefficient (Wildman–Crippen LogP) is 7.55. The van der Waals surface area contributed by atoms with Gasteiger partial charge in [0.2, 0.25) is 0 Å². The summed E-state index contributed by atoms with van der Waals surface area (Å²) in [6, 6.07) is 0. The van der Waals surface area contributed by atoms with Crippen molar-refractivity contribution in [1.82, 2.24) is 0 Å². The molecular weight excluding hydrogens is 504 g/mol. The molecule has 0 aliphatic heterocycles. The molecule has 0 bridgehead atoms. The molecule has 5 aliphatic rings. The van der Waals surface area contributed by atoms with Crippen molar-refractivity contribution < 1.29 is 29.0 Å². The number of aliphatic carboxylic acids is 1. The summed E-state index contributed by atoms with van der Waals surface area (Å²) in [5, 5.41) is 10.6. The molecular formula is C34H52O6. The first-order valence-corrected chi connectivity index (χ1v) is 15.9. The van der Waals surface area contributed by atoms with Crippen LogP contribution in [0.5, 0.6) is 0 Å². The van der Waals surface area contributed by atoms with E-state index in [0.29, 0.717) is 17.8 Å². The van der Waals surface area contributed by atoms with Gasteiger partial charge in [-0.2, -0.15) is 0 Å². The van der Waals surface area contributed by atoms with Gasteiger partial charge in [0.25, 0.3) is 6.29 Å². The van der Waals surface area contributed by atoms with E-state index < -0.39 is 35.0 Å². The average molecular weight is 557 g/mol. The van der Waals surface area contributed by atoms with E-state index >= 15 is 0 Å². The predicted molar refractivity (Wildman–Crippen MR) is 153 cm³/mol. The lowest BCUT2D eigenvalue weighted by molar-refractivity contribution is -0.254. The third-order valence-corrected chi connectivity index (χ3v) is 14.0. The molecule has 0 aromatic carbocycles. The monoisotopic (exact) mass is 556 g/mol. The maximum atomic E-state index is 12.9. The fraction of sp³-hybridized carbons (Fsp3) is 0.853. The van der Waals surface area contributed by atoms with E-state index in [1.165, 1.54) is 19.4 Å². The normalized spacial score (nSPS) is 48.0. The lowest BCUT2D eigenvalue weighted by Gasteiger charge is -2.71. The van der Waals surface area contributed by atoms with E-state index in [1.807, 2.05) is 0 Å². The number of hydrogen-bond acceptors (Lipinski definition) is 5. The smallest absolute Gasteiger partial charge is 0.310 e. The second kappa shape index (κ2) is 9.59. The van der Waals surface area contributed by atoms with Crippen molar-refractivity contribution in [3.05, 3.63) is 11.6 Å². The number of rotatable bonds is 4. The first-order chi connectivity index (χ1) is 18.6. The average Bonchev–Trinajstić information content (AvgIpc) is 2.85. The summed E-state index contributed by atoms with van der Waals surface area (Å²) in [4.78, 5) is 37.2. The van der Waals surface area contributed by atoms with Crippen LogP contribution >= 0.6 is 0 Å². The molecule has 0 aromatic rings. The second-order valence-electron chi connectivity index (χ2n) is 15.5. The van der Waals surface area contributed by atoms with Crippen molar-refractivity contribution in [2.45, 2.75) is 126 Å². The first-order valence-electron chi connectivity index (χ1n) is 15.9. The Morgan fingerprint density at radius 1 is 0.875 bits per heavy atom. The Hall–Kier alpha value is -1.85. The van der Waals surface area contributed by atoms with E-state index in [0.717, 1.165) is 64.2 Å². The molecule has 6 nitrogen and oxygen atoms in total. The van der Waals surface area contributed by atoms with E-state index in [-0.39, 0.29) is 28.1 Å². The minimum atomic E-state index is -0.878. The Bertz CT molecular complexity index is 1100. The van der Waals surface area contributed by atoms with Crippen LogP contribution in [0.25, 0.3) is 0 Å². The third-order valence-electron chi connectivity index (χ3n) is 14.0. The fourth-order valence-electron chi connectivity index (χ4n) is 11.6. The lowest BCUT2D eigenvalue weighted by atomic mass is 9.33. The van der Waals surface area contributed by atoms with Gasteiger partial charge in [-0.3, -0.25) is 14.4 Å². The molecule has 4 saturated carbocycles. The Balaban J connectivity index is 1.57. The zero-order valence-electron chi connectivity index (χ0n) is 26.1. The third kappa shape index (κ3) is 3.89. The number of ether oxygens (including phenoxy) is 2. The van der Waals surface area contributed by atoms with Crippen LogP contribution in [0.2, 0.25) is 0 Å². The summed E-state index contributed by atoms with van der Waals surface area (Å²) < 4.78 is 11.5. The van der Waals surface area contributed by atoms with Crippen molar-refractivity contribution in [2.24, 2.45) is 56.7 Å². The van der Waals surface area contributed by atoms with Crippen LogP contribution < -0.4 is 0 Å². The van der Waals surface area contributed by atoms with Gasteiger partial charge in [-0.1, -0.05) is 59.6 Å². The number of carboxylic acid groups (broad SMARTS) is 1. The molecule has 0 heterocycles. The highest BCUT2D eigenvalue weighted by Gasteiger charge is 2.70. The van der Waals surface area contributed by atoms with Crippen molar-refractivity contribution in [1.29, 1.82) is 0 Å². The molecule has 6 heteroatoms. The number of hydrogen-bond donors (Lipinski definition) is 1. The highest BCUT2D eigenvalue weighted by Crippen LogP contribution is 2.76. The number of fused-ring (bicyclic) bond motifs is 7. The molecule has 40 heavy (non-hydrogen) atoms. The minimum Gasteiger partial charge on any atom is -0.481 e. The second-order valence-corrected chi connectivity index (χ2v) is 15.5. The molecule has 4 fully saturated rings. The van der Waals surface area contributed by atoms with Crippen LogP contribution in [0.4, 0.5) is 0 Å². The molecule has 10 atom stereocenters. The van der Waals surface area contributed by atoms with Crippen molar-refractivity contribution in [3.8, 4) is 0 Å². The first kappa shape index (κ1) is 29.6. The van der Waals surface area contributed by atoms with Crippen LogP contribution in [0, 0.1) is 56.7 Å². The molecule has 0 radical (unpaired) electrons. The van der Waals surface area contributed by atoms with Gasteiger partial charge in [0.1, 0.15) is 0 Å². The van der Waals surface area contributed by atoms with Crippen LogP contribution in [0.15, 0.2) is 11.6 Å². The number of esters is 2. The standard InChI is InChI=1S/C34H52O6/c1-20-12-17-34(28(37)38)19-18-32(7)24(27(34)21(20)2)10-11-26-30(5)14-9-15-31(6,25(30)13-16-33(26,32)8)29(39-22(3)35)40-23(4)36/h10,20-21,25-27,29H,9,11-19H2,1-8H3,(H,37,38)/t20-,21+,25?,26-,27+,30+,31?,32-,33-,34+/m1/s1. The summed E-state index contributed by atoms with van der Waals surface area (Å²) in [6.07, 6.45) is 11.1. The van der Waals surface area contributed by atoms with E-state index in [2.05, 4.69) is 47.6 Å². The van der Waals surface area contributed by atoms with Crippen molar-refractivity contribution in [3.63, 3.8) is 0 Å². The quantitative estimate of drug-likeness (QED) is 0.218. The largest absolute Gasteiger partial charge is 0.481 e. The summed E-state index contributed by atoms with van der Waals surface area (Å²) in [6.45, 7) is 17.0. The van der Waals surface area contributed by atoms with Gasteiger partial charge in [0.05, 0.1) is 5.41 Å². The Morgan fingerprint density at radius 3 is 2.12 bits per heavy atom. The number of carbonyl (C=O) groups is 3. The molecule has 5 rings (SSSR count). The van der Waals surface area contributed by atoms with Gasteiger partial charge in [-0.15, -0.1) is 0 Å². The molecule has 224 valence electrons. The van der Waals surface area contributed by atoms with Crippen LogP contribution in [-0.4, -0.2) is 29.3 Å². The molecule has 0 saturated heterocycles. The Labute approximate surface area is 241 Å². The number of allylic oxidation sites excluding steroid dienone is 2. The Morgan fingerprint density at radius 2 is 1.52 bits per heavy atom. The molecule has 2 unspecified atom stereocenters. The van der Waals surface area contributed by atoms with Gasteiger partial charge in [0, 0.05) is 19.3 Å². The maximum Gasteiger partial charge on any atom is 0.310 e. The van der Waals surface area contributed by atoms with E-state index in [1.54, 1.807) is 0 Å². The van der Waals surface area contributed by atoms with Crippen LogP contribution in [0.3, 0.4) is 0 Å². The van der Waals surface area contributed by atoms with Gasteiger partial charge >= 0.3 is 17.9 Å². The summed E-state index contributed by atoms with van der Waals surface area (Å²) >= 11 is 0. The van der Waals surface area contributed by atoms with Gasteiger partial charge < -0.3 is 14.6 Å². The highest BCUT2D eigenvalue weighted by molar-refractivity contribution is 5.76. The van der Waals surface area contributed by atoms with Crippen LogP contribution in [-0.2, 0) is 23.9 Å². The van der Waals surface area contributed by atoms with E-state index in [9.17, 15) is 19.5 Å². The van der Waals surface area contributed by atoms with Gasteiger partial charge in [-0.05, 0) is 104 Å². The van der Waals surface area contributed by atoms with Gasteiger partial charge in [0.15, 0.2) is 0 Å².